The summed E-state index contributed by atoms with van der Waals surface area (Å²) in [6, 6.07) is 4.98. The van der Waals surface area contributed by atoms with E-state index < -0.39 is 46.7 Å². The summed E-state index contributed by atoms with van der Waals surface area (Å²) >= 11 is 8.74. The van der Waals surface area contributed by atoms with Gasteiger partial charge in [0.2, 0.25) is 0 Å². The Morgan fingerprint density at radius 1 is 1.10 bits per heavy atom. The molecule has 2 N–H and O–H groups in total. The van der Waals surface area contributed by atoms with Crippen molar-refractivity contribution in [3.05, 3.63) is 74.2 Å². The van der Waals surface area contributed by atoms with Crippen molar-refractivity contribution >= 4 is 39.3 Å². The third-order valence-corrected chi connectivity index (χ3v) is 5.27. The summed E-state index contributed by atoms with van der Waals surface area (Å²) in [4.78, 5) is 11.8. The predicted molar refractivity (Wildman–Crippen MR) is 105 cm³/mol. The van der Waals surface area contributed by atoms with Crippen LogP contribution in [0.4, 0.5) is 30.7 Å². The maximum atomic E-state index is 14.7. The summed E-state index contributed by atoms with van der Waals surface area (Å²) in [6.07, 6.45) is -9.83. The Labute approximate surface area is 185 Å². The molecule has 31 heavy (non-hydrogen) atoms. The lowest BCUT2D eigenvalue weighted by Gasteiger charge is -2.19. The van der Waals surface area contributed by atoms with Gasteiger partial charge in [0.05, 0.1) is 16.1 Å². The molecular weight excluding hydrogens is 521 g/mol. The number of nitrogens with one attached hydrogen (secondary N) is 2. The number of carbonyl (C=O) groups excluding carboxylic acids is 1. The molecule has 1 amide bonds. The minimum Gasteiger partial charge on any atom is -0.288 e. The van der Waals surface area contributed by atoms with Gasteiger partial charge in [-0.15, -0.1) is 0 Å². The number of benzene rings is 2. The topological polar surface area (TPSA) is 41.1 Å². The normalized spacial score (nSPS) is 13.8. The quantitative estimate of drug-likeness (QED) is 0.334. The molecule has 0 spiro atoms. The summed E-state index contributed by atoms with van der Waals surface area (Å²) < 4.78 is 95.5. The van der Waals surface area contributed by atoms with Gasteiger partial charge in [-0.2, -0.15) is 26.3 Å². The molecule has 0 aromatic heterocycles. The average Bonchev–Trinajstić information content (AvgIpc) is 2.66. The molecule has 0 aliphatic rings. The lowest BCUT2D eigenvalue weighted by molar-refractivity contribution is -0.140. The lowest BCUT2D eigenvalue weighted by Crippen LogP contribution is -2.35. The largest absolute Gasteiger partial charge is 0.417 e. The van der Waals surface area contributed by atoms with Crippen LogP contribution in [0, 0.1) is 0 Å². The average molecular weight is 534 g/mol. The van der Waals surface area contributed by atoms with Crippen molar-refractivity contribution < 1.29 is 35.5 Å². The molecule has 2 rings (SSSR count). The zero-order valence-corrected chi connectivity index (χ0v) is 17.8. The molecule has 0 bridgehead atoms. The molecule has 0 heterocycles. The van der Waals surface area contributed by atoms with Crippen molar-refractivity contribution in [2.75, 3.05) is 7.05 Å². The summed E-state index contributed by atoms with van der Waals surface area (Å²) in [5.74, 6) is -5.15. The SMILES string of the molecule is CNNC(=O)c1ccc(C(F)=CC(c2ccc(Cl)c(Br)c2)C(F)(F)F)cc1C(F)(F)F. The molecule has 12 heteroatoms. The minimum absolute atomic E-state index is 0.124. The fraction of sp³-hybridized carbons (Fsp3) is 0.211. The van der Waals surface area contributed by atoms with Crippen molar-refractivity contribution in [2.45, 2.75) is 18.3 Å². The number of halogens is 9. The molecule has 1 unspecified atom stereocenters. The van der Waals surface area contributed by atoms with Crippen LogP contribution in [0.2, 0.25) is 5.02 Å². The predicted octanol–water partition coefficient (Wildman–Crippen LogP) is 6.64. The Kier molecular flexibility index (Phi) is 7.77. The number of carbonyl (C=O) groups is 1. The van der Waals surface area contributed by atoms with E-state index in [9.17, 15) is 35.5 Å². The van der Waals surface area contributed by atoms with Crippen molar-refractivity contribution in [1.29, 1.82) is 0 Å². The molecule has 2 aromatic carbocycles. The highest BCUT2D eigenvalue weighted by Crippen LogP contribution is 2.41. The second-order valence-electron chi connectivity index (χ2n) is 6.17. The van der Waals surface area contributed by atoms with E-state index in [4.69, 9.17) is 11.6 Å². The first-order chi connectivity index (χ1) is 14.3. The summed E-state index contributed by atoms with van der Waals surface area (Å²) in [5, 5.41) is 0.124. The number of hydrazine groups is 1. The van der Waals surface area contributed by atoms with E-state index in [0.717, 1.165) is 18.2 Å². The molecule has 0 aliphatic heterocycles. The second-order valence-corrected chi connectivity index (χ2v) is 7.43. The van der Waals surface area contributed by atoms with Crippen LogP contribution in [0.5, 0.6) is 0 Å². The van der Waals surface area contributed by atoms with Gasteiger partial charge in [-0.05, 0) is 51.8 Å². The Hall–Kier alpha value is -2.11. The fourth-order valence-electron chi connectivity index (χ4n) is 2.63. The molecule has 0 saturated heterocycles. The van der Waals surface area contributed by atoms with Gasteiger partial charge in [-0.3, -0.25) is 10.2 Å². The zero-order chi connectivity index (χ0) is 23.6. The van der Waals surface area contributed by atoms with E-state index >= 15 is 0 Å². The van der Waals surface area contributed by atoms with Gasteiger partial charge in [0.25, 0.3) is 5.91 Å². The second kappa shape index (κ2) is 9.58. The van der Waals surface area contributed by atoms with Crippen molar-refractivity contribution in [3.8, 4) is 0 Å². The number of hydrogen-bond donors (Lipinski definition) is 2. The van der Waals surface area contributed by atoms with Gasteiger partial charge in [-0.1, -0.05) is 23.7 Å². The van der Waals surface area contributed by atoms with Crippen LogP contribution in [0.25, 0.3) is 5.83 Å². The standard InChI is InChI=1S/C19H13BrClF7N2O/c1-29-30-17(31)11-4-2-10(6-13(11)19(26,27)28)16(22)8-12(18(23,24)25)9-3-5-15(21)14(20)7-9/h2-8,12,29H,1H3,(H,30,31). The summed E-state index contributed by atoms with van der Waals surface area (Å²) in [5.41, 5.74) is 0.636. The van der Waals surface area contributed by atoms with E-state index in [1.54, 1.807) is 0 Å². The monoisotopic (exact) mass is 532 g/mol. The van der Waals surface area contributed by atoms with E-state index in [1.165, 1.54) is 13.1 Å². The molecule has 0 radical (unpaired) electrons. The highest BCUT2D eigenvalue weighted by molar-refractivity contribution is 9.10. The highest BCUT2D eigenvalue weighted by Gasteiger charge is 2.40. The Morgan fingerprint density at radius 2 is 1.74 bits per heavy atom. The van der Waals surface area contributed by atoms with Gasteiger partial charge in [0, 0.05) is 17.1 Å². The van der Waals surface area contributed by atoms with E-state index in [0.29, 0.717) is 6.07 Å². The van der Waals surface area contributed by atoms with Crippen LogP contribution in [-0.2, 0) is 6.18 Å². The third kappa shape index (κ3) is 6.20. The van der Waals surface area contributed by atoms with Crippen LogP contribution in [-0.4, -0.2) is 19.1 Å². The van der Waals surface area contributed by atoms with E-state index in [-0.39, 0.29) is 27.2 Å². The van der Waals surface area contributed by atoms with Crippen molar-refractivity contribution in [2.24, 2.45) is 0 Å². The molecule has 0 aliphatic carbocycles. The number of rotatable bonds is 5. The van der Waals surface area contributed by atoms with Crippen LogP contribution in [0.15, 0.2) is 46.9 Å². The van der Waals surface area contributed by atoms with Gasteiger partial charge < -0.3 is 0 Å². The Balaban J connectivity index is 2.57. The lowest BCUT2D eigenvalue weighted by atomic mass is 9.95. The van der Waals surface area contributed by atoms with Crippen molar-refractivity contribution in [3.63, 3.8) is 0 Å². The first kappa shape index (κ1) is 25.2. The maximum absolute atomic E-state index is 14.7. The zero-order valence-electron chi connectivity index (χ0n) is 15.4. The highest BCUT2D eigenvalue weighted by atomic mass is 79.9. The molecule has 2 aromatic rings. The third-order valence-electron chi connectivity index (χ3n) is 4.05. The number of amides is 1. The van der Waals surface area contributed by atoms with Crippen LogP contribution < -0.4 is 10.9 Å². The Bertz CT molecular complexity index is 1010. The first-order valence-corrected chi connectivity index (χ1v) is 9.50. The van der Waals surface area contributed by atoms with Crippen molar-refractivity contribution in [1.82, 2.24) is 10.9 Å². The van der Waals surface area contributed by atoms with Gasteiger partial charge >= 0.3 is 12.4 Å². The van der Waals surface area contributed by atoms with E-state index in [2.05, 4.69) is 21.4 Å². The van der Waals surface area contributed by atoms with Gasteiger partial charge in [0.1, 0.15) is 11.7 Å². The number of allylic oxidation sites excluding steroid dienone is 1. The summed E-state index contributed by atoms with van der Waals surface area (Å²) in [6.45, 7) is 0. The number of hydrogen-bond acceptors (Lipinski definition) is 2. The molecule has 168 valence electrons. The van der Waals surface area contributed by atoms with Crippen LogP contribution in [0.3, 0.4) is 0 Å². The smallest absolute Gasteiger partial charge is 0.288 e. The maximum Gasteiger partial charge on any atom is 0.417 e. The van der Waals surface area contributed by atoms with E-state index in [1.807, 2.05) is 5.43 Å². The summed E-state index contributed by atoms with van der Waals surface area (Å²) in [7, 11) is 1.24. The molecule has 0 saturated carbocycles. The van der Waals surface area contributed by atoms with Crippen LogP contribution in [0.1, 0.15) is 33.0 Å². The van der Waals surface area contributed by atoms with Gasteiger partial charge in [-0.25, -0.2) is 9.82 Å². The molecule has 0 fully saturated rings. The molecular formula is C19H13BrClF7N2O. The minimum atomic E-state index is -5.05. The first-order valence-electron chi connectivity index (χ1n) is 8.33. The molecule has 1 atom stereocenters. The molecule has 3 nitrogen and oxygen atoms in total. The van der Waals surface area contributed by atoms with Crippen LogP contribution >= 0.6 is 27.5 Å². The number of alkyl halides is 6. The fourth-order valence-corrected chi connectivity index (χ4v) is 3.15. The van der Waals surface area contributed by atoms with Gasteiger partial charge in [0.15, 0.2) is 0 Å². The Morgan fingerprint density at radius 3 is 2.26 bits per heavy atom.